The van der Waals surface area contributed by atoms with E-state index in [4.69, 9.17) is 4.74 Å². The van der Waals surface area contributed by atoms with Gasteiger partial charge in [-0.15, -0.1) is 0 Å². The van der Waals surface area contributed by atoms with Gasteiger partial charge in [-0.3, -0.25) is 4.79 Å². The van der Waals surface area contributed by atoms with Crippen molar-refractivity contribution in [2.75, 3.05) is 13.7 Å². The first-order valence-electron chi connectivity index (χ1n) is 5.88. The van der Waals surface area contributed by atoms with Gasteiger partial charge < -0.3 is 14.7 Å². The van der Waals surface area contributed by atoms with Gasteiger partial charge in [0, 0.05) is 18.1 Å². The van der Waals surface area contributed by atoms with Crippen molar-refractivity contribution >= 4 is 21.8 Å². The number of ether oxygens (including phenoxy) is 1. The second kappa shape index (κ2) is 5.28. The predicted molar refractivity (Wildman–Crippen MR) is 71.7 cm³/mol. The van der Waals surface area contributed by atoms with Gasteiger partial charge in [0.05, 0.1) is 17.7 Å². The van der Waals surface area contributed by atoms with Crippen LogP contribution in [0.4, 0.5) is 0 Å². The molecule has 1 aliphatic heterocycles. The van der Waals surface area contributed by atoms with Crippen molar-refractivity contribution in [2.24, 2.45) is 0 Å². The number of amides is 1. The van der Waals surface area contributed by atoms with Crippen molar-refractivity contribution in [3.05, 3.63) is 28.2 Å². The maximum absolute atomic E-state index is 12.3. The second-order valence-corrected chi connectivity index (χ2v) is 5.43. The van der Waals surface area contributed by atoms with Gasteiger partial charge in [0.15, 0.2) is 0 Å². The minimum atomic E-state index is -0.184. The van der Waals surface area contributed by atoms with Crippen LogP contribution in [0.1, 0.15) is 23.7 Å². The van der Waals surface area contributed by atoms with E-state index in [9.17, 15) is 9.90 Å². The molecule has 0 aromatic heterocycles. The Morgan fingerprint density at radius 1 is 1.56 bits per heavy atom. The van der Waals surface area contributed by atoms with Crippen LogP contribution in [0.15, 0.2) is 22.7 Å². The lowest BCUT2D eigenvalue weighted by molar-refractivity contribution is 0.0572. The highest BCUT2D eigenvalue weighted by Gasteiger charge is 2.31. The van der Waals surface area contributed by atoms with Gasteiger partial charge >= 0.3 is 0 Å². The van der Waals surface area contributed by atoms with Gasteiger partial charge in [-0.1, -0.05) is 15.9 Å². The van der Waals surface area contributed by atoms with E-state index in [0.717, 1.165) is 10.9 Å². The standard InChI is InChI=1S/C13H16BrNO3/c1-8-11(5-6-18-8)15(2)13(17)10-7-9(14)3-4-12(10)16/h3-4,7-8,11,16H,5-6H2,1-2H3. The van der Waals surface area contributed by atoms with Gasteiger partial charge in [0.1, 0.15) is 5.75 Å². The van der Waals surface area contributed by atoms with E-state index >= 15 is 0 Å². The summed E-state index contributed by atoms with van der Waals surface area (Å²) in [6.45, 7) is 2.64. The Hall–Kier alpha value is -1.07. The molecule has 2 unspecified atom stereocenters. The molecule has 2 rings (SSSR count). The number of hydrogen-bond acceptors (Lipinski definition) is 3. The third-order valence-corrected chi connectivity index (χ3v) is 3.84. The summed E-state index contributed by atoms with van der Waals surface area (Å²) in [5.74, 6) is -0.183. The molecule has 1 saturated heterocycles. The van der Waals surface area contributed by atoms with Crippen LogP contribution in [0.3, 0.4) is 0 Å². The summed E-state index contributed by atoms with van der Waals surface area (Å²) < 4.78 is 6.23. The summed E-state index contributed by atoms with van der Waals surface area (Å²) >= 11 is 3.30. The van der Waals surface area contributed by atoms with Crippen molar-refractivity contribution in [1.82, 2.24) is 4.90 Å². The molecule has 0 radical (unpaired) electrons. The number of likely N-dealkylation sites (N-methyl/N-ethyl adjacent to an activating group) is 1. The monoisotopic (exact) mass is 313 g/mol. The van der Waals surface area contributed by atoms with E-state index in [2.05, 4.69) is 15.9 Å². The molecule has 18 heavy (non-hydrogen) atoms. The molecule has 1 fully saturated rings. The number of carbonyl (C=O) groups is 1. The SMILES string of the molecule is CC1OCCC1N(C)C(=O)c1cc(Br)ccc1O. The van der Waals surface area contributed by atoms with E-state index in [-0.39, 0.29) is 23.8 Å². The fourth-order valence-corrected chi connectivity index (χ4v) is 2.61. The molecular weight excluding hydrogens is 298 g/mol. The zero-order valence-electron chi connectivity index (χ0n) is 10.4. The third kappa shape index (κ3) is 2.52. The van der Waals surface area contributed by atoms with Crippen LogP contribution in [0, 0.1) is 0 Å². The zero-order valence-corrected chi connectivity index (χ0v) is 12.0. The molecule has 1 aromatic carbocycles. The third-order valence-electron chi connectivity index (χ3n) is 3.34. The van der Waals surface area contributed by atoms with Gasteiger partial charge in [0.25, 0.3) is 5.91 Å². The summed E-state index contributed by atoms with van der Waals surface area (Å²) in [5.41, 5.74) is 0.311. The maximum Gasteiger partial charge on any atom is 0.257 e. The highest BCUT2D eigenvalue weighted by molar-refractivity contribution is 9.10. The number of carbonyl (C=O) groups excluding carboxylic acids is 1. The van der Waals surface area contributed by atoms with Crippen LogP contribution >= 0.6 is 15.9 Å². The Labute approximate surface area is 115 Å². The number of nitrogens with zero attached hydrogens (tertiary/aromatic N) is 1. The number of benzene rings is 1. The van der Waals surface area contributed by atoms with Crippen LogP contribution < -0.4 is 0 Å². The fraction of sp³-hybridized carbons (Fsp3) is 0.462. The molecule has 5 heteroatoms. The van der Waals surface area contributed by atoms with Crippen LogP contribution in [0.2, 0.25) is 0 Å². The van der Waals surface area contributed by atoms with Crippen molar-refractivity contribution in [3.63, 3.8) is 0 Å². The highest BCUT2D eigenvalue weighted by atomic mass is 79.9. The molecular formula is C13H16BrNO3. The Balaban J connectivity index is 2.22. The number of halogens is 1. The van der Waals surface area contributed by atoms with Gasteiger partial charge in [-0.25, -0.2) is 0 Å². The molecule has 1 aliphatic rings. The first-order valence-corrected chi connectivity index (χ1v) is 6.67. The summed E-state index contributed by atoms with van der Waals surface area (Å²) in [7, 11) is 1.75. The lowest BCUT2D eigenvalue weighted by Gasteiger charge is -2.27. The number of rotatable bonds is 2. The average molecular weight is 314 g/mol. The molecule has 1 amide bonds. The Bertz CT molecular complexity index is 464. The molecule has 1 heterocycles. The van der Waals surface area contributed by atoms with Crippen molar-refractivity contribution in [2.45, 2.75) is 25.5 Å². The Morgan fingerprint density at radius 3 is 2.89 bits per heavy atom. The van der Waals surface area contributed by atoms with Crippen LogP contribution in [-0.2, 0) is 4.74 Å². The quantitative estimate of drug-likeness (QED) is 0.912. The van der Waals surface area contributed by atoms with E-state index in [0.29, 0.717) is 12.2 Å². The zero-order chi connectivity index (χ0) is 13.3. The largest absolute Gasteiger partial charge is 0.507 e. The van der Waals surface area contributed by atoms with Crippen molar-refractivity contribution < 1.29 is 14.6 Å². The van der Waals surface area contributed by atoms with Crippen LogP contribution in [0.25, 0.3) is 0 Å². The van der Waals surface area contributed by atoms with E-state index in [1.165, 1.54) is 6.07 Å². The topological polar surface area (TPSA) is 49.8 Å². The molecule has 1 N–H and O–H groups in total. The molecule has 98 valence electrons. The number of aromatic hydroxyl groups is 1. The van der Waals surface area contributed by atoms with Crippen molar-refractivity contribution in [1.29, 1.82) is 0 Å². The molecule has 0 spiro atoms. The smallest absolute Gasteiger partial charge is 0.257 e. The van der Waals surface area contributed by atoms with E-state index in [1.54, 1.807) is 24.1 Å². The fourth-order valence-electron chi connectivity index (χ4n) is 2.25. The summed E-state index contributed by atoms with van der Waals surface area (Å²) in [5, 5.41) is 9.76. The summed E-state index contributed by atoms with van der Waals surface area (Å²) in [4.78, 5) is 14.0. The first kappa shape index (κ1) is 13.4. The lowest BCUT2D eigenvalue weighted by Crippen LogP contribution is -2.41. The molecule has 0 saturated carbocycles. The molecule has 2 atom stereocenters. The van der Waals surface area contributed by atoms with E-state index < -0.39 is 0 Å². The minimum Gasteiger partial charge on any atom is -0.507 e. The van der Waals surface area contributed by atoms with Crippen LogP contribution in [0.5, 0.6) is 5.75 Å². The molecule has 1 aromatic rings. The average Bonchev–Trinajstić information content (AvgIpc) is 2.77. The van der Waals surface area contributed by atoms with Crippen LogP contribution in [-0.4, -0.2) is 41.7 Å². The Morgan fingerprint density at radius 2 is 2.28 bits per heavy atom. The van der Waals surface area contributed by atoms with Gasteiger partial charge in [-0.05, 0) is 31.5 Å². The van der Waals surface area contributed by atoms with Gasteiger partial charge in [0.2, 0.25) is 0 Å². The van der Waals surface area contributed by atoms with Crippen molar-refractivity contribution in [3.8, 4) is 5.75 Å². The highest BCUT2D eigenvalue weighted by Crippen LogP contribution is 2.26. The summed E-state index contributed by atoms with van der Waals surface area (Å²) in [6.07, 6.45) is 0.867. The lowest BCUT2D eigenvalue weighted by atomic mass is 10.1. The number of phenolic OH excluding ortho intramolecular Hbond substituents is 1. The predicted octanol–water partition coefficient (Wildman–Crippen LogP) is 2.40. The maximum atomic E-state index is 12.3. The minimum absolute atomic E-state index is 0.00150. The normalized spacial score (nSPS) is 23.1. The second-order valence-electron chi connectivity index (χ2n) is 4.51. The Kier molecular flexibility index (Phi) is 3.92. The molecule has 4 nitrogen and oxygen atoms in total. The summed E-state index contributed by atoms with van der Waals surface area (Å²) in [6, 6.07) is 4.91. The first-order chi connectivity index (χ1) is 8.50. The number of hydrogen-bond donors (Lipinski definition) is 1. The molecule has 0 bridgehead atoms. The van der Waals surface area contributed by atoms with Gasteiger partial charge in [-0.2, -0.15) is 0 Å². The number of phenols is 1. The van der Waals surface area contributed by atoms with E-state index in [1.807, 2.05) is 6.92 Å². The molecule has 0 aliphatic carbocycles.